The van der Waals surface area contributed by atoms with Gasteiger partial charge in [0.2, 0.25) is 0 Å². The molecule has 0 nitrogen and oxygen atoms in total. The van der Waals surface area contributed by atoms with E-state index >= 15 is 0 Å². The van der Waals surface area contributed by atoms with Crippen LogP contribution in [0.25, 0.3) is 12.2 Å². The first kappa shape index (κ1) is 14.0. The Hall–Kier alpha value is -2.08. The molecule has 0 aliphatic carbocycles. The van der Waals surface area contributed by atoms with Crippen molar-refractivity contribution in [2.24, 2.45) is 0 Å². The summed E-state index contributed by atoms with van der Waals surface area (Å²) in [5, 5.41) is 0. The molecule has 18 heavy (non-hydrogen) atoms. The first-order valence-corrected chi connectivity index (χ1v) is 6.13. The maximum atomic E-state index is 3.69. The molecule has 0 fully saturated rings. The molecule has 0 bridgehead atoms. The number of hydrogen-bond acceptors (Lipinski definition) is 0. The van der Waals surface area contributed by atoms with Crippen LogP contribution < -0.4 is 0 Å². The van der Waals surface area contributed by atoms with Gasteiger partial charge in [0, 0.05) is 0 Å². The normalized spacial score (nSPS) is 9.67. The van der Waals surface area contributed by atoms with Gasteiger partial charge in [0.15, 0.2) is 0 Å². The molecule has 0 unspecified atom stereocenters. The van der Waals surface area contributed by atoms with Gasteiger partial charge in [-0.25, -0.2) is 0 Å². The first-order chi connectivity index (χ1) is 8.77. The molecule has 0 N–H and O–H groups in total. The minimum Gasteiger partial charge on any atom is -0.0985 e. The fourth-order valence-electron chi connectivity index (χ4n) is 1.57. The topological polar surface area (TPSA) is 0 Å². The van der Waals surface area contributed by atoms with Crippen molar-refractivity contribution >= 4 is 12.2 Å². The number of hydrogen-bond donors (Lipinski definition) is 0. The molecule has 92 valence electrons. The molecule has 0 heteroatoms. The largest absolute Gasteiger partial charge is 0.0985 e. The highest BCUT2D eigenvalue weighted by Gasteiger charge is 1.86. The van der Waals surface area contributed by atoms with Crippen molar-refractivity contribution in [3.8, 4) is 0 Å². The van der Waals surface area contributed by atoms with Crippen molar-refractivity contribution < 1.29 is 0 Å². The van der Waals surface area contributed by atoms with Gasteiger partial charge in [0.05, 0.1) is 0 Å². The number of rotatable bonds is 2. The standard InChI is InChI=1S/2C9H10/c1-3-9-7-5-4-6-8(9)2;1-2-6-9-7-4-3-5-8-9/h3-7H,1H2,2H3;2-8H,1H3. The van der Waals surface area contributed by atoms with Crippen molar-refractivity contribution in [2.75, 3.05) is 0 Å². The Morgan fingerprint density at radius 3 is 2.00 bits per heavy atom. The van der Waals surface area contributed by atoms with Crippen LogP contribution in [0.3, 0.4) is 0 Å². The van der Waals surface area contributed by atoms with E-state index in [4.69, 9.17) is 0 Å². The molecule has 0 aliphatic heterocycles. The fraction of sp³-hybridized carbons (Fsp3) is 0.111. The lowest BCUT2D eigenvalue weighted by molar-refractivity contribution is 1.45. The molecular weight excluding hydrogens is 216 g/mol. The van der Waals surface area contributed by atoms with Crippen molar-refractivity contribution in [1.82, 2.24) is 0 Å². The third kappa shape index (κ3) is 4.84. The highest BCUT2D eigenvalue weighted by Crippen LogP contribution is 2.06. The van der Waals surface area contributed by atoms with Crippen LogP contribution in [0.4, 0.5) is 0 Å². The summed E-state index contributed by atoms with van der Waals surface area (Å²) in [4.78, 5) is 0. The highest BCUT2D eigenvalue weighted by molar-refractivity contribution is 5.50. The Kier molecular flexibility index (Phi) is 6.27. The lowest BCUT2D eigenvalue weighted by Crippen LogP contribution is -1.75. The molecule has 2 aromatic carbocycles. The molecule has 0 aromatic heterocycles. The molecule has 0 saturated carbocycles. The summed E-state index contributed by atoms with van der Waals surface area (Å²) in [5.74, 6) is 0. The monoisotopic (exact) mass is 236 g/mol. The van der Waals surface area contributed by atoms with E-state index in [1.165, 1.54) is 16.7 Å². The third-order valence-corrected chi connectivity index (χ3v) is 2.57. The van der Waals surface area contributed by atoms with E-state index < -0.39 is 0 Å². The molecule has 0 saturated heterocycles. The van der Waals surface area contributed by atoms with Crippen LogP contribution >= 0.6 is 0 Å². The van der Waals surface area contributed by atoms with E-state index in [0.717, 1.165) is 0 Å². The zero-order chi connectivity index (χ0) is 13.2. The fourth-order valence-corrected chi connectivity index (χ4v) is 1.57. The molecule has 0 spiro atoms. The maximum absolute atomic E-state index is 3.69. The average molecular weight is 236 g/mol. The molecule has 2 rings (SSSR count). The summed E-state index contributed by atoms with van der Waals surface area (Å²) >= 11 is 0. The number of aryl methyl sites for hydroxylation is 1. The second kappa shape index (κ2) is 8.08. The van der Waals surface area contributed by atoms with E-state index in [1.807, 2.05) is 49.4 Å². The SMILES string of the molecule is C=Cc1ccccc1C.CC=Cc1ccccc1. The van der Waals surface area contributed by atoms with Gasteiger partial charge < -0.3 is 0 Å². The van der Waals surface area contributed by atoms with Gasteiger partial charge in [-0.3, -0.25) is 0 Å². The summed E-state index contributed by atoms with van der Waals surface area (Å²) < 4.78 is 0. The second-order valence-electron chi connectivity index (χ2n) is 3.97. The average Bonchev–Trinajstić information content (AvgIpc) is 2.42. The maximum Gasteiger partial charge on any atom is -0.0233 e. The van der Waals surface area contributed by atoms with Crippen molar-refractivity contribution in [1.29, 1.82) is 0 Å². The minimum absolute atomic E-state index is 1.22. The van der Waals surface area contributed by atoms with Gasteiger partial charge in [-0.05, 0) is 30.5 Å². The van der Waals surface area contributed by atoms with Crippen molar-refractivity contribution in [2.45, 2.75) is 13.8 Å². The predicted molar refractivity (Wildman–Crippen MR) is 82.4 cm³/mol. The zero-order valence-corrected chi connectivity index (χ0v) is 11.1. The van der Waals surface area contributed by atoms with Crippen LogP contribution in [0.1, 0.15) is 23.6 Å². The summed E-state index contributed by atoms with van der Waals surface area (Å²) in [6, 6.07) is 18.4. The van der Waals surface area contributed by atoms with E-state index in [9.17, 15) is 0 Å². The molecule has 0 radical (unpaired) electrons. The smallest absolute Gasteiger partial charge is 0.0233 e. The number of allylic oxidation sites excluding steroid dienone is 1. The predicted octanol–water partition coefficient (Wildman–Crippen LogP) is 5.36. The summed E-state index contributed by atoms with van der Waals surface area (Å²) in [7, 11) is 0. The highest BCUT2D eigenvalue weighted by atomic mass is 13.9. The first-order valence-electron chi connectivity index (χ1n) is 6.13. The van der Waals surface area contributed by atoms with E-state index in [2.05, 4.69) is 43.8 Å². The van der Waals surface area contributed by atoms with Gasteiger partial charge in [0.25, 0.3) is 0 Å². The van der Waals surface area contributed by atoms with Crippen LogP contribution in [0.5, 0.6) is 0 Å². The molecule has 0 aliphatic rings. The number of benzene rings is 2. The van der Waals surface area contributed by atoms with Crippen LogP contribution in [0.15, 0.2) is 67.3 Å². The van der Waals surface area contributed by atoms with Crippen LogP contribution in [-0.2, 0) is 0 Å². The van der Waals surface area contributed by atoms with Crippen LogP contribution in [-0.4, -0.2) is 0 Å². The van der Waals surface area contributed by atoms with Crippen LogP contribution in [0.2, 0.25) is 0 Å². The second-order valence-corrected chi connectivity index (χ2v) is 3.97. The lowest BCUT2D eigenvalue weighted by Gasteiger charge is -1.95. The molecule has 0 atom stereocenters. The minimum atomic E-state index is 1.22. The Labute approximate surface area is 110 Å². The Balaban J connectivity index is 0.000000180. The quantitative estimate of drug-likeness (QED) is 0.658. The van der Waals surface area contributed by atoms with E-state index in [1.54, 1.807) is 0 Å². The molecule has 0 heterocycles. The van der Waals surface area contributed by atoms with E-state index in [-0.39, 0.29) is 0 Å². The van der Waals surface area contributed by atoms with Crippen LogP contribution in [0, 0.1) is 6.92 Å². The zero-order valence-electron chi connectivity index (χ0n) is 11.1. The van der Waals surface area contributed by atoms with Gasteiger partial charge in [-0.15, -0.1) is 0 Å². The Bertz CT molecular complexity index is 492. The third-order valence-electron chi connectivity index (χ3n) is 2.57. The molecule has 0 amide bonds. The van der Waals surface area contributed by atoms with Gasteiger partial charge in [-0.2, -0.15) is 0 Å². The van der Waals surface area contributed by atoms with Gasteiger partial charge >= 0.3 is 0 Å². The van der Waals surface area contributed by atoms with Crippen molar-refractivity contribution in [3.63, 3.8) is 0 Å². The van der Waals surface area contributed by atoms with E-state index in [0.29, 0.717) is 0 Å². The molecule has 2 aromatic rings. The lowest BCUT2D eigenvalue weighted by atomic mass is 10.1. The Morgan fingerprint density at radius 1 is 0.889 bits per heavy atom. The van der Waals surface area contributed by atoms with Gasteiger partial charge in [-0.1, -0.05) is 79.4 Å². The summed E-state index contributed by atoms with van der Waals surface area (Å²) in [5.41, 5.74) is 3.77. The summed E-state index contributed by atoms with van der Waals surface area (Å²) in [6.07, 6.45) is 5.99. The molecular formula is C18H20. The van der Waals surface area contributed by atoms with Gasteiger partial charge in [0.1, 0.15) is 0 Å². The Morgan fingerprint density at radius 2 is 1.50 bits per heavy atom. The summed E-state index contributed by atoms with van der Waals surface area (Å²) in [6.45, 7) is 7.79. The van der Waals surface area contributed by atoms with Crippen molar-refractivity contribution in [3.05, 3.63) is 83.9 Å².